The van der Waals surface area contributed by atoms with Crippen molar-refractivity contribution < 1.29 is 47.8 Å². The van der Waals surface area contributed by atoms with Crippen molar-refractivity contribution in [3.8, 4) is 5.75 Å². The Labute approximate surface area is 309 Å². The van der Waals surface area contributed by atoms with Crippen molar-refractivity contribution in [2.24, 2.45) is 0 Å². The summed E-state index contributed by atoms with van der Waals surface area (Å²) >= 11 is 0. The molecule has 7 nitrogen and oxygen atoms in total. The molecule has 9 heteroatoms. The van der Waals surface area contributed by atoms with Crippen LogP contribution in [0.2, 0.25) is 0 Å². The third-order valence-corrected chi connectivity index (χ3v) is 12.0. The Balaban J connectivity index is 0.00000650. The van der Waals surface area contributed by atoms with Crippen LogP contribution in [0, 0.1) is 0 Å². The minimum absolute atomic E-state index is 0. The van der Waals surface area contributed by atoms with E-state index in [2.05, 4.69) is 102 Å². The number of anilines is 2. The number of benzene rings is 4. The minimum atomic E-state index is -1.83. The Kier molecular flexibility index (Phi) is 14.9. The number of nitrogens with one attached hydrogen (secondary N) is 2. The summed E-state index contributed by atoms with van der Waals surface area (Å²) in [7, 11) is -1.83. The van der Waals surface area contributed by atoms with E-state index < -0.39 is 30.7 Å². The summed E-state index contributed by atoms with van der Waals surface area (Å²) in [5.74, 6) is 0.581. The van der Waals surface area contributed by atoms with Gasteiger partial charge in [0.2, 0.25) is 0 Å². The van der Waals surface area contributed by atoms with Crippen LogP contribution in [0.4, 0.5) is 21.0 Å². The summed E-state index contributed by atoms with van der Waals surface area (Å²) < 4.78 is 16.9. The SMILES string of the molecule is CC(C)(C)OC(=O)Nc1ccc(OCCCCCC[P+](c2ccccc2)(c2ccccc2)c2ccccc2)cc1NC(=O)OC(C)(C)C.[I-]. The lowest BCUT2D eigenvalue weighted by molar-refractivity contribution is -0.0000448. The van der Waals surface area contributed by atoms with E-state index in [1.165, 1.54) is 15.9 Å². The van der Waals surface area contributed by atoms with Crippen LogP contribution in [-0.4, -0.2) is 36.2 Å². The Hall–Kier alpha value is -3.62. The lowest BCUT2D eigenvalue weighted by Crippen LogP contribution is -3.00. The summed E-state index contributed by atoms with van der Waals surface area (Å²) in [5, 5.41) is 9.68. The van der Waals surface area contributed by atoms with Gasteiger partial charge in [-0.1, -0.05) is 54.6 Å². The number of hydrogen-bond acceptors (Lipinski definition) is 5. The van der Waals surface area contributed by atoms with Crippen molar-refractivity contribution in [3.05, 3.63) is 109 Å². The first-order chi connectivity index (χ1) is 22.9. The molecule has 0 aromatic heterocycles. The van der Waals surface area contributed by atoms with Gasteiger partial charge in [-0.3, -0.25) is 10.6 Å². The fourth-order valence-electron chi connectivity index (χ4n) is 5.53. The molecule has 0 aliphatic rings. The largest absolute Gasteiger partial charge is 1.00 e. The second kappa shape index (κ2) is 18.4. The normalized spacial score (nSPS) is 11.6. The molecule has 0 aliphatic carbocycles. The number of amides is 2. The Morgan fingerprint density at radius 3 is 1.45 bits per heavy atom. The maximum absolute atomic E-state index is 12.6. The molecular weight excluding hydrogens is 746 g/mol. The zero-order chi connectivity index (χ0) is 34.6. The maximum atomic E-state index is 12.6. The highest BCUT2D eigenvalue weighted by atomic mass is 127. The topological polar surface area (TPSA) is 85.9 Å². The highest BCUT2D eigenvalue weighted by Gasteiger charge is 2.44. The van der Waals surface area contributed by atoms with E-state index in [-0.39, 0.29) is 24.0 Å². The van der Waals surface area contributed by atoms with E-state index in [4.69, 9.17) is 14.2 Å². The number of carbonyl (C=O) groups is 2. The fraction of sp³-hybridized carbons (Fsp3) is 0.350. The molecule has 0 atom stereocenters. The number of unbranched alkanes of at least 4 members (excludes halogenated alkanes) is 3. The average Bonchev–Trinajstić information content (AvgIpc) is 3.03. The number of hydrogen-bond donors (Lipinski definition) is 2. The molecule has 0 saturated carbocycles. The first-order valence-corrected chi connectivity index (χ1v) is 18.6. The lowest BCUT2D eigenvalue weighted by Gasteiger charge is -2.27. The van der Waals surface area contributed by atoms with Gasteiger partial charge in [-0.05, 0) is 116 Å². The fourth-order valence-corrected chi connectivity index (χ4v) is 9.94. The number of rotatable bonds is 13. The van der Waals surface area contributed by atoms with E-state index in [1.54, 1.807) is 59.7 Å². The second-order valence-electron chi connectivity index (χ2n) is 13.8. The van der Waals surface area contributed by atoms with Gasteiger partial charge in [0.25, 0.3) is 0 Å². The van der Waals surface area contributed by atoms with Crippen LogP contribution in [0.15, 0.2) is 109 Å². The average molecular weight is 797 g/mol. The van der Waals surface area contributed by atoms with Crippen LogP contribution >= 0.6 is 7.26 Å². The number of halogens is 1. The molecule has 2 amide bonds. The van der Waals surface area contributed by atoms with Crippen molar-refractivity contribution in [1.29, 1.82) is 0 Å². The molecule has 0 aliphatic heterocycles. The molecule has 0 unspecified atom stereocenters. The number of carbonyl (C=O) groups excluding carboxylic acids is 2. The molecule has 0 bridgehead atoms. The van der Waals surface area contributed by atoms with E-state index in [9.17, 15) is 9.59 Å². The van der Waals surface area contributed by atoms with Gasteiger partial charge in [-0.25, -0.2) is 9.59 Å². The molecule has 262 valence electrons. The van der Waals surface area contributed by atoms with E-state index in [0.29, 0.717) is 23.7 Å². The van der Waals surface area contributed by atoms with Gasteiger partial charge in [0.05, 0.1) is 24.1 Å². The van der Waals surface area contributed by atoms with Crippen molar-refractivity contribution in [3.63, 3.8) is 0 Å². The Morgan fingerprint density at radius 2 is 1.00 bits per heavy atom. The van der Waals surface area contributed by atoms with Crippen LogP contribution < -0.4 is 55.3 Å². The van der Waals surface area contributed by atoms with Crippen molar-refractivity contribution >= 4 is 46.7 Å². The molecule has 4 rings (SSSR count). The van der Waals surface area contributed by atoms with Gasteiger partial charge >= 0.3 is 12.2 Å². The van der Waals surface area contributed by atoms with Gasteiger partial charge in [-0.15, -0.1) is 0 Å². The summed E-state index contributed by atoms with van der Waals surface area (Å²) in [6.07, 6.45) is 3.94. The zero-order valence-electron chi connectivity index (χ0n) is 29.5. The molecular formula is C40H50IN2O5P. The summed E-state index contributed by atoms with van der Waals surface area (Å²) in [6, 6.07) is 38.1. The van der Waals surface area contributed by atoms with Gasteiger partial charge in [-0.2, -0.15) is 0 Å². The van der Waals surface area contributed by atoms with Crippen molar-refractivity contribution in [2.75, 3.05) is 23.4 Å². The summed E-state index contributed by atoms with van der Waals surface area (Å²) in [6.45, 7) is 11.3. The predicted molar refractivity (Wildman–Crippen MR) is 200 cm³/mol. The van der Waals surface area contributed by atoms with Crippen LogP contribution in [0.3, 0.4) is 0 Å². The molecule has 2 N–H and O–H groups in total. The summed E-state index contributed by atoms with van der Waals surface area (Å²) in [5.41, 5.74) is -0.609. The Morgan fingerprint density at radius 1 is 0.571 bits per heavy atom. The molecule has 0 fully saturated rings. The quantitative estimate of drug-likeness (QED) is 0.0942. The zero-order valence-corrected chi connectivity index (χ0v) is 32.6. The van der Waals surface area contributed by atoms with Crippen LogP contribution in [0.25, 0.3) is 0 Å². The first-order valence-electron chi connectivity index (χ1n) is 16.7. The Bertz CT molecular complexity index is 1510. The van der Waals surface area contributed by atoms with Gasteiger partial charge < -0.3 is 38.2 Å². The predicted octanol–water partition coefficient (Wildman–Crippen LogP) is 6.32. The highest BCUT2D eigenvalue weighted by Crippen LogP contribution is 2.56. The van der Waals surface area contributed by atoms with Crippen molar-refractivity contribution in [1.82, 2.24) is 0 Å². The van der Waals surface area contributed by atoms with Gasteiger partial charge in [0, 0.05) is 6.07 Å². The molecule has 0 radical (unpaired) electrons. The molecule has 4 aromatic rings. The van der Waals surface area contributed by atoms with Crippen LogP contribution in [0.5, 0.6) is 5.75 Å². The highest BCUT2D eigenvalue weighted by molar-refractivity contribution is 7.95. The third kappa shape index (κ3) is 12.3. The molecule has 49 heavy (non-hydrogen) atoms. The smallest absolute Gasteiger partial charge is 0.412 e. The maximum Gasteiger partial charge on any atom is 0.412 e. The van der Waals surface area contributed by atoms with Crippen LogP contribution in [0.1, 0.15) is 67.2 Å². The molecule has 0 heterocycles. The standard InChI is InChI=1S/C40H49N2O5P.HI/c1-39(2,3)46-37(43)41-35-27-26-31(30-36(35)42-38(44)47-40(4,5)6)45-28-18-7-8-19-29-48(32-20-12-9-13-21-32,33-22-14-10-15-23-33)34-24-16-11-17-25-34;/h9-17,20-27,30H,7-8,18-19,28-29H2,1-6H3,(H-,41,42,43,44);1H. The second-order valence-corrected chi connectivity index (χ2v) is 17.4. The molecule has 4 aromatic carbocycles. The van der Waals surface area contributed by atoms with Crippen LogP contribution in [-0.2, 0) is 9.47 Å². The van der Waals surface area contributed by atoms with Crippen molar-refractivity contribution in [2.45, 2.75) is 78.4 Å². The minimum Gasteiger partial charge on any atom is -1.00 e. The summed E-state index contributed by atoms with van der Waals surface area (Å²) in [4.78, 5) is 25.1. The van der Waals surface area contributed by atoms with E-state index >= 15 is 0 Å². The monoisotopic (exact) mass is 796 g/mol. The third-order valence-electron chi connectivity index (χ3n) is 7.51. The van der Waals surface area contributed by atoms with E-state index in [1.807, 2.05) is 0 Å². The van der Waals surface area contributed by atoms with Gasteiger partial charge in [0.1, 0.15) is 40.1 Å². The number of ether oxygens (including phenoxy) is 3. The van der Waals surface area contributed by atoms with E-state index in [0.717, 1.165) is 31.8 Å². The van der Waals surface area contributed by atoms with Gasteiger partial charge in [0.15, 0.2) is 0 Å². The molecule has 0 saturated heterocycles. The first kappa shape index (κ1) is 39.8. The molecule has 0 spiro atoms. The lowest BCUT2D eigenvalue weighted by atomic mass is 10.2.